The maximum atomic E-state index is 13.0. The zero-order valence-corrected chi connectivity index (χ0v) is 16.3. The quantitative estimate of drug-likeness (QED) is 0.443. The van der Waals surface area contributed by atoms with Gasteiger partial charge in [-0.2, -0.15) is 13.2 Å². The topological polar surface area (TPSA) is 72.2 Å². The largest absolute Gasteiger partial charge is 0.481 e. The van der Waals surface area contributed by atoms with Crippen LogP contribution >= 0.6 is 23.4 Å². The summed E-state index contributed by atoms with van der Waals surface area (Å²) in [7, 11) is 0. The van der Waals surface area contributed by atoms with Gasteiger partial charge in [0, 0.05) is 10.8 Å². The van der Waals surface area contributed by atoms with Gasteiger partial charge in [0.05, 0.1) is 29.4 Å². The molecule has 0 unspecified atom stereocenters. The van der Waals surface area contributed by atoms with Gasteiger partial charge in [0.1, 0.15) is 0 Å². The van der Waals surface area contributed by atoms with Crippen molar-refractivity contribution in [1.82, 2.24) is 9.55 Å². The summed E-state index contributed by atoms with van der Waals surface area (Å²) in [4.78, 5) is 28.2. The third kappa shape index (κ3) is 5.10. The summed E-state index contributed by atoms with van der Waals surface area (Å²) < 4.78 is 39.6. The summed E-state index contributed by atoms with van der Waals surface area (Å²) in [5, 5.41) is 9.74. The third-order valence-corrected chi connectivity index (χ3v) is 5.26. The molecule has 1 aromatic heterocycles. The second-order valence-electron chi connectivity index (χ2n) is 6.13. The summed E-state index contributed by atoms with van der Waals surface area (Å²) in [6, 6.07) is 9.13. The molecule has 3 rings (SSSR count). The van der Waals surface area contributed by atoms with Gasteiger partial charge in [0.2, 0.25) is 0 Å². The van der Waals surface area contributed by atoms with E-state index in [0.29, 0.717) is 16.1 Å². The van der Waals surface area contributed by atoms with Crippen molar-refractivity contribution in [2.24, 2.45) is 0 Å². The molecule has 29 heavy (non-hydrogen) atoms. The van der Waals surface area contributed by atoms with Crippen LogP contribution in [-0.4, -0.2) is 26.4 Å². The van der Waals surface area contributed by atoms with Crippen LogP contribution in [0.5, 0.6) is 0 Å². The normalized spacial score (nSPS) is 11.7. The minimum atomic E-state index is -4.45. The molecule has 1 N–H and O–H groups in total. The van der Waals surface area contributed by atoms with Crippen molar-refractivity contribution in [3.05, 3.63) is 69.0 Å². The van der Waals surface area contributed by atoms with E-state index in [1.54, 1.807) is 12.1 Å². The van der Waals surface area contributed by atoms with Crippen LogP contribution in [0.1, 0.15) is 17.5 Å². The van der Waals surface area contributed by atoms with Crippen LogP contribution in [0.15, 0.2) is 52.4 Å². The highest BCUT2D eigenvalue weighted by molar-refractivity contribution is 7.99. The van der Waals surface area contributed by atoms with Crippen molar-refractivity contribution in [1.29, 1.82) is 0 Å². The fraction of sp³-hybridized carbons (Fsp3) is 0.211. The number of aromatic nitrogens is 2. The number of rotatable bonds is 6. The molecule has 5 nitrogen and oxygen atoms in total. The average Bonchev–Trinajstić information content (AvgIpc) is 2.65. The Bertz CT molecular complexity index is 1110. The lowest BCUT2D eigenvalue weighted by Crippen LogP contribution is -2.24. The lowest BCUT2D eigenvalue weighted by molar-refractivity contribution is -0.138. The number of hydrogen-bond acceptors (Lipinski definition) is 4. The van der Waals surface area contributed by atoms with Gasteiger partial charge < -0.3 is 5.11 Å². The number of thioether (sulfide) groups is 1. The van der Waals surface area contributed by atoms with Gasteiger partial charge in [-0.1, -0.05) is 35.5 Å². The van der Waals surface area contributed by atoms with Gasteiger partial charge >= 0.3 is 12.1 Å². The van der Waals surface area contributed by atoms with Crippen molar-refractivity contribution in [3.8, 4) is 0 Å². The van der Waals surface area contributed by atoms with E-state index < -0.39 is 23.3 Å². The fourth-order valence-electron chi connectivity index (χ4n) is 2.63. The standard InChI is InChI=1S/C19H14ClF3N2O3S/c20-13-5-6-15-14(9-13)17(28)25(18(24-15)29-8-7-16(26)27)10-11-1-3-12(4-2-11)19(21,22)23/h1-6,9H,7-8,10H2,(H,26,27). The smallest absolute Gasteiger partial charge is 0.416 e. The van der Waals surface area contributed by atoms with E-state index in [2.05, 4.69) is 4.98 Å². The zero-order valence-electron chi connectivity index (χ0n) is 14.7. The number of alkyl halides is 3. The van der Waals surface area contributed by atoms with Crippen molar-refractivity contribution in [2.75, 3.05) is 5.75 Å². The summed E-state index contributed by atoms with van der Waals surface area (Å²) >= 11 is 7.06. The van der Waals surface area contributed by atoms with Gasteiger partial charge in [0.15, 0.2) is 5.16 Å². The molecule has 10 heteroatoms. The predicted molar refractivity (Wildman–Crippen MR) is 105 cm³/mol. The van der Waals surface area contributed by atoms with Gasteiger partial charge in [-0.25, -0.2) is 4.98 Å². The molecule has 0 spiro atoms. The Labute approximate surface area is 172 Å². The highest BCUT2D eigenvalue weighted by Gasteiger charge is 2.30. The van der Waals surface area contributed by atoms with Crippen LogP contribution in [0.25, 0.3) is 10.9 Å². The van der Waals surface area contributed by atoms with E-state index in [1.165, 1.54) is 22.8 Å². The van der Waals surface area contributed by atoms with Crippen LogP contribution < -0.4 is 5.56 Å². The number of fused-ring (bicyclic) bond motifs is 1. The van der Waals surface area contributed by atoms with E-state index >= 15 is 0 Å². The Morgan fingerprint density at radius 1 is 1.17 bits per heavy atom. The van der Waals surface area contributed by atoms with Crippen molar-refractivity contribution in [3.63, 3.8) is 0 Å². The number of carboxylic acids is 1. The maximum Gasteiger partial charge on any atom is 0.416 e. The molecular formula is C19H14ClF3N2O3S. The number of benzene rings is 2. The van der Waals surface area contributed by atoms with E-state index in [0.717, 1.165) is 23.9 Å². The molecule has 0 amide bonds. The van der Waals surface area contributed by atoms with Gasteiger partial charge in [-0.05, 0) is 35.9 Å². The van der Waals surface area contributed by atoms with Gasteiger partial charge in [-0.3, -0.25) is 14.2 Å². The SMILES string of the molecule is O=C(O)CCSc1nc2ccc(Cl)cc2c(=O)n1Cc1ccc(C(F)(F)F)cc1. The molecule has 0 bridgehead atoms. The molecule has 0 saturated carbocycles. The number of hydrogen-bond donors (Lipinski definition) is 1. The summed E-state index contributed by atoms with van der Waals surface area (Å²) in [5.41, 5.74) is -0.312. The van der Waals surface area contributed by atoms with Crippen LogP contribution in [-0.2, 0) is 17.5 Å². The Morgan fingerprint density at radius 3 is 2.48 bits per heavy atom. The number of aliphatic carboxylic acids is 1. The molecule has 0 saturated heterocycles. The molecule has 0 atom stereocenters. The first-order valence-electron chi connectivity index (χ1n) is 8.36. The lowest BCUT2D eigenvalue weighted by Gasteiger charge is -2.14. The van der Waals surface area contributed by atoms with Crippen molar-refractivity contribution in [2.45, 2.75) is 24.3 Å². The summed E-state index contributed by atoms with van der Waals surface area (Å²) in [6.45, 7) is -0.0121. The lowest BCUT2D eigenvalue weighted by atomic mass is 10.1. The van der Waals surface area contributed by atoms with Crippen molar-refractivity contribution < 1.29 is 23.1 Å². The molecule has 0 aliphatic carbocycles. The van der Waals surface area contributed by atoms with Crippen LogP contribution in [0, 0.1) is 0 Å². The molecule has 0 aliphatic heterocycles. The Kier molecular flexibility index (Phi) is 6.18. The van der Waals surface area contributed by atoms with Gasteiger partial charge in [0.25, 0.3) is 5.56 Å². The van der Waals surface area contributed by atoms with E-state index in [9.17, 15) is 22.8 Å². The zero-order chi connectivity index (χ0) is 21.2. The molecular weight excluding hydrogens is 429 g/mol. The van der Waals surface area contributed by atoms with Crippen LogP contribution in [0.4, 0.5) is 13.2 Å². The average molecular weight is 443 g/mol. The number of carboxylic acid groups (broad SMARTS) is 1. The molecule has 152 valence electrons. The highest BCUT2D eigenvalue weighted by Crippen LogP contribution is 2.29. The first kappa shape index (κ1) is 21.2. The third-order valence-electron chi connectivity index (χ3n) is 4.05. The van der Waals surface area contributed by atoms with E-state index in [-0.39, 0.29) is 29.3 Å². The highest BCUT2D eigenvalue weighted by atomic mass is 35.5. The van der Waals surface area contributed by atoms with Gasteiger partial charge in [-0.15, -0.1) is 0 Å². The fourth-order valence-corrected chi connectivity index (χ4v) is 3.73. The minimum Gasteiger partial charge on any atom is -0.481 e. The molecule has 0 aliphatic rings. The minimum absolute atomic E-state index is 0.0121. The second kappa shape index (κ2) is 8.46. The second-order valence-corrected chi connectivity index (χ2v) is 7.63. The number of halogens is 4. The molecule has 1 heterocycles. The molecule has 3 aromatic rings. The monoisotopic (exact) mass is 442 g/mol. The molecule has 0 radical (unpaired) electrons. The Balaban J connectivity index is 2.02. The molecule has 0 fully saturated rings. The van der Waals surface area contributed by atoms with E-state index in [1.807, 2.05) is 0 Å². The number of nitrogens with zero attached hydrogens (tertiary/aromatic N) is 2. The van der Waals surface area contributed by atoms with Crippen LogP contribution in [0.3, 0.4) is 0 Å². The predicted octanol–water partition coefficient (Wildman–Crippen LogP) is 4.68. The first-order valence-corrected chi connectivity index (χ1v) is 9.72. The first-order chi connectivity index (χ1) is 13.6. The number of carbonyl (C=O) groups is 1. The Hall–Kier alpha value is -2.52. The summed E-state index contributed by atoms with van der Waals surface area (Å²) in [5.74, 6) is -0.796. The maximum absolute atomic E-state index is 13.0. The molecule has 2 aromatic carbocycles. The van der Waals surface area contributed by atoms with Crippen LogP contribution in [0.2, 0.25) is 5.02 Å². The summed E-state index contributed by atoms with van der Waals surface area (Å²) in [6.07, 6.45) is -4.58. The van der Waals surface area contributed by atoms with Crippen molar-refractivity contribution >= 4 is 40.2 Å². The Morgan fingerprint density at radius 2 is 1.86 bits per heavy atom. The van der Waals surface area contributed by atoms with E-state index in [4.69, 9.17) is 16.7 Å².